The van der Waals surface area contributed by atoms with Gasteiger partial charge < -0.3 is 79.7 Å². The van der Waals surface area contributed by atoms with Crippen molar-refractivity contribution in [1.29, 1.82) is 0 Å². The van der Waals surface area contributed by atoms with E-state index in [1.165, 1.54) is 41.9 Å². The molecule has 426 valence electrons. The molecule has 0 saturated carbocycles. The van der Waals surface area contributed by atoms with Crippen molar-refractivity contribution in [3.05, 3.63) is 97.6 Å². The number of likely N-dealkylation sites (N-methyl/N-ethyl adjacent to an activating group) is 1. The number of anilines is 1. The molecule has 9 rings (SSSR count). The summed E-state index contributed by atoms with van der Waals surface area (Å²) in [4.78, 5) is 113. The van der Waals surface area contributed by atoms with Crippen LogP contribution in [0.2, 0.25) is 0 Å². The largest absolute Gasteiger partial charge is 0.479 e. The molecule has 0 bridgehead atoms. The van der Waals surface area contributed by atoms with Crippen LogP contribution in [0.15, 0.2) is 47.3 Å². The number of hydrogen-bond donors (Lipinski definition) is 9. The summed E-state index contributed by atoms with van der Waals surface area (Å²) in [7, 11) is 1.19. The lowest BCUT2D eigenvalue weighted by atomic mass is 9.81. The van der Waals surface area contributed by atoms with Crippen LogP contribution in [0.25, 0.3) is 22.3 Å². The summed E-state index contributed by atoms with van der Waals surface area (Å²) in [5.41, 5.74) is -0.623. The van der Waals surface area contributed by atoms with Crippen LogP contribution in [0.5, 0.6) is 5.75 Å². The molecule has 0 spiro atoms. The number of cyclic esters (lactones) is 1. The van der Waals surface area contributed by atoms with Gasteiger partial charge in [-0.15, -0.1) is 0 Å². The summed E-state index contributed by atoms with van der Waals surface area (Å²) in [6.07, 6.45) is -11.1. The number of rotatable bonds is 14. The van der Waals surface area contributed by atoms with Gasteiger partial charge in [-0.3, -0.25) is 24.1 Å². The number of nitrogens with one attached hydrogen (secondary N) is 3. The number of halogens is 1. The van der Waals surface area contributed by atoms with Crippen molar-refractivity contribution < 1.29 is 92.3 Å². The highest BCUT2D eigenvalue weighted by Gasteiger charge is 2.49. The number of alkyl carbamates (subject to hydrolysis) is 2. The van der Waals surface area contributed by atoms with Crippen LogP contribution in [-0.4, -0.2) is 161 Å². The Morgan fingerprint density at radius 3 is 2.41 bits per heavy atom. The zero-order valence-corrected chi connectivity index (χ0v) is 44.0. The van der Waals surface area contributed by atoms with Gasteiger partial charge in [0.05, 0.1) is 53.8 Å². The van der Waals surface area contributed by atoms with Gasteiger partial charge in [-0.2, -0.15) is 0 Å². The van der Waals surface area contributed by atoms with Gasteiger partial charge in [0, 0.05) is 35.7 Å². The third kappa shape index (κ3) is 10.5. The normalized spacial score (nSPS) is 24.0. The maximum Gasteiger partial charge on any atom is 0.407 e. The van der Waals surface area contributed by atoms with Crippen molar-refractivity contribution in [2.75, 3.05) is 25.5 Å². The number of aliphatic hydroxyl groups is 5. The number of benzene rings is 2. The summed E-state index contributed by atoms with van der Waals surface area (Å²) in [5, 5.41) is 71.7. The first-order valence-electron chi connectivity index (χ1n) is 25.4. The van der Waals surface area contributed by atoms with E-state index < -0.39 is 133 Å². The van der Waals surface area contributed by atoms with Crippen LogP contribution in [0.1, 0.15) is 85.5 Å². The van der Waals surface area contributed by atoms with E-state index in [0.29, 0.717) is 34.1 Å². The second-order valence-electron chi connectivity index (χ2n) is 21.0. The SMILES string of the molecule is CC[C@@]1(O)C(=O)OCc2c1cc1n(c2=O)Cc2c-1nc1cc(F)c(C)c3c1c2[C@@H](NC(=O)OCc1ccc(O[C@H]2OC(C(=O)O)[C@@H](O)C(O)C2O)c(NC(=O)CN(C)C(=O)[C@H](CNC(=O)OC(C)(C)C)N2C(=O)C=CC2O)c1)CC3. The highest BCUT2D eigenvalue weighted by molar-refractivity contribution is 5.99. The molecule has 4 aromatic rings. The summed E-state index contributed by atoms with van der Waals surface area (Å²) in [5.74, 6) is -6.10. The van der Waals surface area contributed by atoms with Crippen LogP contribution < -0.4 is 26.2 Å². The smallest absolute Gasteiger partial charge is 0.407 e. The number of aromatic nitrogens is 2. The summed E-state index contributed by atoms with van der Waals surface area (Å²) >= 11 is 0. The lowest BCUT2D eigenvalue weighted by Crippen LogP contribution is -2.61. The van der Waals surface area contributed by atoms with E-state index >= 15 is 4.39 Å². The van der Waals surface area contributed by atoms with E-state index in [9.17, 15) is 69.0 Å². The van der Waals surface area contributed by atoms with Gasteiger partial charge in [-0.05, 0) is 93.5 Å². The predicted octanol–water partition coefficient (Wildman–Crippen LogP) is 0.719. The van der Waals surface area contributed by atoms with Crippen molar-refractivity contribution in [3.63, 3.8) is 0 Å². The molecule has 5 aliphatic rings. The number of amides is 5. The van der Waals surface area contributed by atoms with E-state index in [0.717, 1.165) is 22.0 Å². The highest BCUT2D eigenvalue weighted by atomic mass is 19.1. The van der Waals surface area contributed by atoms with Crippen molar-refractivity contribution >= 4 is 58.4 Å². The van der Waals surface area contributed by atoms with Crippen LogP contribution in [0.3, 0.4) is 0 Å². The number of aryl methyl sites for hydroxylation is 1. The number of carboxylic acid groups (broad SMARTS) is 1. The summed E-state index contributed by atoms with van der Waals surface area (Å²) < 4.78 is 44.3. The van der Waals surface area contributed by atoms with E-state index in [1.807, 2.05) is 0 Å². The fraction of sp³-hybridized carbons (Fsp3) is 0.453. The van der Waals surface area contributed by atoms with Crippen LogP contribution in [0.4, 0.5) is 19.7 Å². The minimum atomic E-state index is -2.11. The fourth-order valence-corrected chi connectivity index (χ4v) is 10.5. The predicted molar refractivity (Wildman–Crippen MR) is 271 cm³/mol. The first-order chi connectivity index (χ1) is 37.7. The molecule has 27 heteroatoms. The molecular formula is C53H58FN7O19. The van der Waals surface area contributed by atoms with Crippen molar-refractivity contribution in [2.45, 2.75) is 134 Å². The molecule has 2 aromatic carbocycles. The van der Waals surface area contributed by atoms with Crippen molar-refractivity contribution in [3.8, 4) is 17.1 Å². The number of carbonyl (C=O) groups excluding carboxylic acids is 6. The number of nitrogens with zero attached hydrogens (tertiary/aromatic N) is 4. The molecule has 9 atom stereocenters. The maximum absolute atomic E-state index is 15.5. The molecule has 4 aliphatic heterocycles. The average molecular weight is 1120 g/mol. The second-order valence-corrected chi connectivity index (χ2v) is 21.0. The van der Waals surface area contributed by atoms with Crippen LogP contribution in [0, 0.1) is 12.7 Å². The topological polar surface area (TPSA) is 364 Å². The number of esters is 1. The Hall–Kier alpha value is -8.08. The van der Waals surface area contributed by atoms with E-state index in [2.05, 4.69) is 16.0 Å². The summed E-state index contributed by atoms with van der Waals surface area (Å²) in [6, 6.07) is 4.25. The molecule has 9 N–H and O–H groups in total. The molecule has 5 amide bonds. The van der Waals surface area contributed by atoms with Crippen LogP contribution >= 0.6 is 0 Å². The highest BCUT2D eigenvalue weighted by Crippen LogP contribution is 2.46. The van der Waals surface area contributed by atoms with Gasteiger partial charge in [0.25, 0.3) is 5.56 Å². The lowest BCUT2D eigenvalue weighted by Gasteiger charge is -2.38. The molecule has 1 fully saturated rings. The molecule has 6 heterocycles. The van der Waals surface area contributed by atoms with Gasteiger partial charge in [0.2, 0.25) is 24.0 Å². The second kappa shape index (κ2) is 21.5. The van der Waals surface area contributed by atoms with E-state index in [-0.39, 0.29) is 71.0 Å². The Morgan fingerprint density at radius 1 is 1.00 bits per heavy atom. The maximum atomic E-state index is 15.5. The molecule has 80 heavy (non-hydrogen) atoms. The standard InChI is InChI=1S/C53H58FN7O19/c1-7-53(75)27-15-32-40-25(18-60(32)45(68)26(27)21-76-49(53)72)39-29(10-9-24-22(2)28(54)16-31(57-40)38(24)39)58-51(74)77-20-23-8-11-34(78-48-43(67)41(65)42(66)44(79-48)47(70)71)30(14-23)56-35(62)19-59(6)46(69)33(61-36(63)12-13-37(61)64)17-55-50(73)80-52(3,4)5/h8,11-16,29,33,36,41-44,48,63,65-67,75H,7,9-10,17-21H2,1-6H3,(H,55,73)(H,56,62)(H,58,74)(H,70,71)/t29-,33-,36?,41?,42-,43?,44?,48-,53-/m0/s1. The fourth-order valence-electron chi connectivity index (χ4n) is 10.5. The number of hydrogen-bond acceptors (Lipinski definition) is 19. The quantitative estimate of drug-likeness (QED) is 0.0546. The van der Waals surface area contributed by atoms with E-state index in [4.69, 9.17) is 28.7 Å². The van der Waals surface area contributed by atoms with Gasteiger partial charge in [0.1, 0.15) is 61.0 Å². The number of ether oxygens (including phenoxy) is 5. The van der Waals surface area contributed by atoms with Crippen molar-refractivity contribution in [1.82, 2.24) is 30.0 Å². The molecule has 26 nitrogen and oxygen atoms in total. The van der Waals surface area contributed by atoms with Gasteiger partial charge in [-0.25, -0.2) is 28.6 Å². The Bertz CT molecular complexity index is 3360. The van der Waals surface area contributed by atoms with Gasteiger partial charge in [0.15, 0.2) is 11.7 Å². The van der Waals surface area contributed by atoms with Gasteiger partial charge >= 0.3 is 24.1 Å². The zero-order valence-electron chi connectivity index (χ0n) is 44.0. The monoisotopic (exact) mass is 1120 g/mol. The minimum absolute atomic E-state index is 0.0342. The molecule has 4 unspecified atom stereocenters. The molecule has 0 radical (unpaired) electrons. The molecule has 2 aromatic heterocycles. The van der Waals surface area contributed by atoms with E-state index in [1.54, 1.807) is 34.6 Å². The third-order valence-electron chi connectivity index (χ3n) is 14.6. The number of carboxylic acids is 1. The average Bonchev–Trinajstić information content (AvgIpc) is 4.09. The first kappa shape index (κ1) is 56.6. The Labute approximate surface area is 453 Å². The van der Waals surface area contributed by atoms with Gasteiger partial charge in [-0.1, -0.05) is 13.0 Å². The summed E-state index contributed by atoms with van der Waals surface area (Å²) in [6.45, 7) is 5.78. The van der Waals surface area contributed by atoms with Crippen molar-refractivity contribution in [2.24, 2.45) is 0 Å². The Morgan fingerprint density at radius 2 is 1.74 bits per heavy atom. The minimum Gasteiger partial charge on any atom is -0.479 e. The number of carbonyl (C=O) groups is 7. The number of aliphatic carboxylic acids is 1. The lowest BCUT2D eigenvalue weighted by molar-refractivity contribution is -0.271. The third-order valence-corrected chi connectivity index (χ3v) is 14.6. The molecule has 1 aliphatic carbocycles. The number of fused-ring (bicyclic) bond motifs is 5. The van der Waals surface area contributed by atoms with Crippen LogP contribution in [-0.2, 0) is 74.7 Å². The molecule has 1 saturated heterocycles. The number of aliphatic hydroxyl groups excluding tert-OH is 4. The zero-order chi connectivity index (χ0) is 58.0. The molecular weight excluding hydrogens is 1060 g/mol. The first-order valence-corrected chi connectivity index (χ1v) is 25.4. The number of pyridine rings is 2. The Kier molecular flexibility index (Phi) is 15.2. The Balaban J connectivity index is 0.971.